The number of cyclic esters (lactones) is 1. The molecule has 2 heterocycles. The molecule has 0 fully saturated rings. The van der Waals surface area contributed by atoms with Crippen LogP contribution in [0.25, 0.3) is 0 Å². The Hall–Kier alpha value is -2.76. The molecule has 1 atom stereocenters. The zero-order chi connectivity index (χ0) is 15.7. The van der Waals surface area contributed by atoms with E-state index in [1.54, 1.807) is 18.3 Å². The topological polar surface area (TPSA) is 69.7 Å². The number of pyridine rings is 1. The van der Waals surface area contributed by atoms with E-state index >= 15 is 0 Å². The summed E-state index contributed by atoms with van der Waals surface area (Å²) in [6, 6.07) is 7.31. The quantitative estimate of drug-likeness (QED) is 0.875. The second-order valence-corrected chi connectivity index (χ2v) is 4.91. The van der Waals surface area contributed by atoms with Crippen LogP contribution in [0, 0.1) is 6.92 Å². The molecule has 1 aromatic heterocycles. The van der Waals surface area contributed by atoms with Gasteiger partial charge in [-0.3, -0.25) is 0 Å². The summed E-state index contributed by atoms with van der Waals surface area (Å²) in [5, 5.41) is 3.11. The average molecular weight is 300 g/mol. The van der Waals surface area contributed by atoms with Crippen LogP contribution < -0.4 is 14.8 Å². The van der Waals surface area contributed by atoms with Gasteiger partial charge in [-0.15, -0.1) is 0 Å². The molecule has 0 radical (unpaired) electrons. The lowest BCUT2D eigenvalue weighted by Crippen LogP contribution is -2.11. The van der Waals surface area contributed by atoms with Crippen molar-refractivity contribution in [2.45, 2.75) is 13.2 Å². The van der Waals surface area contributed by atoms with Crippen molar-refractivity contribution >= 4 is 11.8 Å². The molecule has 0 amide bonds. The van der Waals surface area contributed by atoms with Crippen molar-refractivity contribution in [3.05, 3.63) is 47.2 Å². The Morgan fingerprint density at radius 3 is 2.73 bits per heavy atom. The Kier molecular flexibility index (Phi) is 3.58. The maximum absolute atomic E-state index is 12.2. The van der Waals surface area contributed by atoms with Crippen molar-refractivity contribution in [1.82, 2.24) is 4.98 Å². The molecule has 22 heavy (non-hydrogen) atoms. The number of hydrogen-bond donors (Lipinski definition) is 1. The van der Waals surface area contributed by atoms with E-state index in [9.17, 15) is 4.79 Å². The molecule has 6 heteroatoms. The number of methoxy groups -OCH3 is 2. The van der Waals surface area contributed by atoms with Gasteiger partial charge < -0.3 is 19.5 Å². The molecule has 1 aliphatic rings. The summed E-state index contributed by atoms with van der Waals surface area (Å²) in [4.78, 5) is 16.4. The molecule has 6 nitrogen and oxygen atoms in total. The number of anilines is 1. The lowest BCUT2D eigenvalue weighted by Gasteiger charge is -2.14. The number of ether oxygens (including phenoxy) is 3. The van der Waals surface area contributed by atoms with Crippen LogP contribution in [0.5, 0.6) is 11.5 Å². The molecule has 0 aliphatic carbocycles. The fourth-order valence-corrected chi connectivity index (χ4v) is 2.46. The van der Waals surface area contributed by atoms with Crippen LogP contribution in [0.4, 0.5) is 5.82 Å². The first-order chi connectivity index (χ1) is 10.6. The molecular formula is C16H16N2O4. The van der Waals surface area contributed by atoms with E-state index in [1.165, 1.54) is 14.2 Å². The predicted octanol–water partition coefficient (Wildman–Crippen LogP) is 2.69. The highest BCUT2D eigenvalue weighted by atomic mass is 16.6. The van der Waals surface area contributed by atoms with E-state index in [2.05, 4.69) is 10.3 Å². The van der Waals surface area contributed by atoms with E-state index < -0.39 is 12.2 Å². The fourth-order valence-electron chi connectivity index (χ4n) is 2.46. The molecule has 0 saturated heterocycles. The molecule has 1 aromatic carbocycles. The molecule has 114 valence electrons. The third-order valence-corrected chi connectivity index (χ3v) is 3.48. The zero-order valence-corrected chi connectivity index (χ0v) is 12.5. The van der Waals surface area contributed by atoms with Gasteiger partial charge in [0.25, 0.3) is 0 Å². The standard InChI is InChI=1S/C16H16N2O4/c1-9-6-7-17-12(8-9)18-15-10-4-5-11(20-2)14(21-3)13(10)16(19)22-15/h4-8,15H,1-3H3,(H,17,18)/t15-/m1/s1. The van der Waals surface area contributed by atoms with E-state index in [0.29, 0.717) is 28.4 Å². The highest BCUT2D eigenvalue weighted by Gasteiger charge is 2.36. The highest BCUT2D eigenvalue weighted by molar-refractivity contribution is 5.98. The molecule has 0 unspecified atom stereocenters. The van der Waals surface area contributed by atoms with E-state index in [-0.39, 0.29) is 0 Å². The van der Waals surface area contributed by atoms with Gasteiger partial charge in [0.1, 0.15) is 11.4 Å². The summed E-state index contributed by atoms with van der Waals surface area (Å²) < 4.78 is 15.9. The Labute approximate surface area is 128 Å². The van der Waals surface area contributed by atoms with Crippen molar-refractivity contribution in [1.29, 1.82) is 0 Å². The number of carbonyl (C=O) groups excluding carboxylic acids is 1. The van der Waals surface area contributed by atoms with Gasteiger partial charge in [-0.1, -0.05) is 0 Å². The smallest absolute Gasteiger partial charge is 0.344 e. The first-order valence-electron chi connectivity index (χ1n) is 6.79. The van der Waals surface area contributed by atoms with E-state index in [1.807, 2.05) is 19.1 Å². The zero-order valence-electron chi connectivity index (χ0n) is 12.5. The monoisotopic (exact) mass is 300 g/mol. The summed E-state index contributed by atoms with van der Waals surface area (Å²) in [6.07, 6.45) is 1.10. The second-order valence-electron chi connectivity index (χ2n) is 4.91. The molecule has 1 N–H and O–H groups in total. The Bertz CT molecular complexity index is 730. The average Bonchev–Trinajstić information content (AvgIpc) is 2.82. The minimum absolute atomic E-state index is 0.381. The van der Waals surface area contributed by atoms with Crippen LogP contribution in [0.1, 0.15) is 27.7 Å². The third kappa shape index (κ3) is 2.32. The number of benzene rings is 1. The van der Waals surface area contributed by atoms with Crippen molar-refractivity contribution in [2.75, 3.05) is 19.5 Å². The van der Waals surface area contributed by atoms with Crippen molar-refractivity contribution in [3.63, 3.8) is 0 Å². The lowest BCUT2D eigenvalue weighted by atomic mass is 10.1. The second kappa shape index (κ2) is 5.55. The molecule has 1 aliphatic heterocycles. The number of hydrogen-bond acceptors (Lipinski definition) is 6. The minimum Gasteiger partial charge on any atom is -0.493 e. The SMILES string of the molecule is COc1ccc2c(c1OC)C(=O)O[C@H]2Nc1cc(C)ccn1. The fraction of sp³-hybridized carbons (Fsp3) is 0.250. The Morgan fingerprint density at radius 1 is 1.23 bits per heavy atom. The van der Waals surface area contributed by atoms with Crippen LogP contribution in [0.3, 0.4) is 0 Å². The van der Waals surface area contributed by atoms with Gasteiger partial charge in [-0.25, -0.2) is 9.78 Å². The molecular weight excluding hydrogens is 284 g/mol. The van der Waals surface area contributed by atoms with Crippen LogP contribution in [0.2, 0.25) is 0 Å². The van der Waals surface area contributed by atoms with Crippen molar-refractivity contribution < 1.29 is 19.0 Å². The van der Waals surface area contributed by atoms with Crippen LogP contribution in [-0.2, 0) is 4.74 Å². The number of nitrogens with one attached hydrogen (secondary N) is 1. The normalized spacial score (nSPS) is 16.0. The van der Waals surface area contributed by atoms with Crippen molar-refractivity contribution in [2.24, 2.45) is 0 Å². The first-order valence-corrected chi connectivity index (χ1v) is 6.79. The minimum atomic E-state index is -0.600. The summed E-state index contributed by atoms with van der Waals surface area (Å²) in [6.45, 7) is 1.97. The van der Waals surface area contributed by atoms with Crippen molar-refractivity contribution in [3.8, 4) is 11.5 Å². The van der Waals surface area contributed by atoms with E-state index in [0.717, 1.165) is 5.56 Å². The number of rotatable bonds is 4. The van der Waals surface area contributed by atoms with Gasteiger partial charge in [0.05, 0.1) is 14.2 Å². The lowest BCUT2D eigenvalue weighted by molar-refractivity contribution is 0.0434. The van der Waals surface area contributed by atoms with Gasteiger partial charge in [-0.2, -0.15) is 0 Å². The summed E-state index contributed by atoms with van der Waals surface area (Å²) in [7, 11) is 3.02. The summed E-state index contributed by atoms with van der Waals surface area (Å²) >= 11 is 0. The number of aryl methyl sites for hydroxylation is 1. The molecule has 0 bridgehead atoms. The number of esters is 1. The molecule has 0 saturated carbocycles. The molecule has 3 rings (SSSR count). The molecule has 2 aromatic rings. The number of aromatic nitrogens is 1. The van der Waals surface area contributed by atoms with Gasteiger partial charge >= 0.3 is 5.97 Å². The summed E-state index contributed by atoms with van der Waals surface area (Å²) in [5.74, 6) is 1.07. The molecule has 0 spiro atoms. The largest absolute Gasteiger partial charge is 0.493 e. The predicted molar refractivity (Wildman–Crippen MR) is 80.3 cm³/mol. The van der Waals surface area contributed by atoms with Gasteiger partial charge in [0, 0.05) is 11.8 Å². The Morgan fingerprint density at radius 2 is 2.05 bits per heavy atom. The first kappa shape index (κ1) is 14.2. The van der Waals surface area contributed by atoms with Gasteiger partial charge in [0.2, 0.25) is 6.23 Å². The third-order valence-electron chi connectivity index (χ3n) is 3.48. The van der Waals surface area contributed by atoms with E-state index in [4.69, 9.17) is 14.2 Å². The maximum atomic E-state index is 12.2. The van der Waals surface area contributed by atoms with Crippen LogP contribution >= 0.6 is 0 Å². The number of carbonyl (C=O) groups is 1. The highest BCUT2D eigenvalue weighted by Crippen LogP contribution is 2.41. The Balaban J connectivity index is 1.98. The maximum Gasteiger partial charge on any atom is 0.344 e. The van der Waals surface area contributed by atoms with Gasteiger partial charge in [0.15, 0.2) is 11.5 Å². The number of nitrogens with zero attached hydrogens (tertiary/aromatic N) is 1. The van der Waals surface area contributed by atoms with Crippen LogP contribution in [0.15, 0.2) is 30.5 Å². The van der Waals surface area contributed by atoms with Crippen LogP contribution in [-0.4, -0.2) is 25.2 Å². The summed E-state index contributed by atoms with van der Waals surface area (Å²) in [5.41, 5.74) is 2.15. The number of fused-ring (bicyclic) bond motifs is 1. The van der Waals surface area contributed by atoms with Gasteiger partial charge in [-0.05, 0) is 36.8 Å².